The predicted molar refractivity (Wildman–Crippen MR) is 84.9 cm³/mol. The second kappa shape index (κ2) is 6.08. The van der Waals surface area contributed by atoms with Gasteiger partial charge < -0.3 is 0 Å². The third-order valence-corrected chi connectivity index (χ3v) is 4.66. The summed E-state index contributed by atoms with van der Waals surface area (Å²) in [6.07, 6.45) is 2.33. The highest BCUT2D eigenvalue weighted by atomic mass is 35.5. The zero-order chi connectivity index (χ0) is 15.7. The van der Waals surface area contributed by atoms with Crippen molar-refractivity contribution in [3.63, 3.8) is 0 Å². The Kier molecular flexibility index (Phi) is 4.15. The summed E-state index contributed by atoms with van der Waals surface area (Å²) in [5, 5.41) is 10.3. The maximum atomic E-state index is 12.6. The van der Waals surface area contributed by atoms with Crippen LogP contribution in [0.2, 0.25) is 10.0 Å². The summed E-state index contributed by atoms with van der Waals surface area (Å²) in [5.41, 5.74) is 1.50. The summed E-state index contributed by atoms with van der Waals surface area (Å²) < 4.78 is 0. The number of rotatable bonds is 4. The Hall–Kier alpha value is -1.89. The van der Waals surface area contributed by atoms with Crippen molar-refractivity contribution in [3.8, 4) is 6.07 Å². The monoisotopic (exact) mass is 330 g/mol. The number of nitriles is 1. The van der Waals surface area contributed by atoms with Gasteiger partial charge in [-0.25, -0.2) is 0 Å². The van der Waals surface area contributed by atoms with E-state index >= 15 is 0 Å². The summed E-state index contributed by atoms with van der Waals surface area (Å²) in [6, 6.07) is 12.7. The molecule has 2 aromatic rings. The molecule has 1 aromatic carbocycles. The van der Waals surface area contributed by atoms with Gasteiger partial charge in [0.25, 0.3) is 0 Å². The first-order chi connectivity index (χ1) is 10.6. The number of carbonyl (C=O) groups is 1. The number of nitrogens with zero attached hydrogens (tertiary/aromatic N) is 2. The molecule has 1 aliphatic rings. The number of hydrogen-bond donors (Lipinski definition) is 0. The molecule has 0 spiro atoms. The summed E-state index contributed by atoms with van der Waals surface area (Å²) >= 11 is 11.9. The predicted octanol–water partition coefficient (Wildman–Crippen LogP) is 4.37. The second-order valence-electron chi connectivity index (χ2n) is 5.34. The van der Waals surface area contributed by atoms with E-state index in [1.54, 1.807) is 36.5 Å². The summed E-state index contributed by atoms with van der Waals surface area (Å²) in [5.74, 6) is -0.915. The molecule has 1 aliphatic carbocycles. The molecule has 5 heteroatoms. The molecule has 3 atom stereocenters. The number of ketones is 1. The lowest BCUT2D eigenvalue weighted by molar-refractivity contribution is -0.120. The van der Waals surface area contributed by atoms with Gasteiger partial charge in [0.1, 0.15) is 5.92 Å². The Morgan fingerprint density at radius 3 is 2.73 bits per heavy atom. The Balaban J connectivity index is 1.77. The van der Waals surface area contributed by atoms with Gasteiger partial charge in [0.2, 0.25) is 0 Å². The van der Waals surface area contributed by atoms with Gasteiger partial charge in [0, 0.05) is 12.1 Å². The number of benzene rings is 1. The highest BCUT2D eigenvalue weighted by Crippen LogP contribution is 2.50. The quantitative estimate of drug-likeness (QED) is 0.836. The minimum atomic E-state index is -0.807. The lowest BCUT2D eigenvalue weighted by Gasteiger charge is -2.07. The largest absolute Gasteiger partial charge is 0.297 e. The molecular weight excluding hydrogens is 319 g/mol. The molecule has 3 nitrogen and oxygen atoms in total. The van der Waals surface area contributed by atoms with Gasteiger partial charge in [-0.3, -0.25) is 9.78 Å². The molecular formula is C17H12Cl2N2O. The fraction of sp³-hybridized carbons (Fsp3) is 0.235. The Bertz CT molecular complexity index is 755. The fourth-order valence-electron chi connectivity index (χ4n) is 2.66. The Morgan fingerprint density at radius 2 is 2.09 bits per heavy atom. The Labute approximate surface area is 138 Å². The smallest absolute Gasteiger partial charge is 0.159 e. The molecule has 1 saturated carbocycles. The summed E-state index contributed by atoms with van der Waals surface area (Å²) in [6.45, 7) is 0. The molecule has 0 aliphatic heterocycles. The van der Waals surface area contributed by atoms with Crippen LogP contribution in [-0.4, -0.2) is 10.8 Å². The molecule has 0 amide bonds. The molecule has 0 saturated heterocycles. The van der Waals surface area contributed by atoms with E-state index in [4.69, 9.17) is 23.2 Å². The normalized spacial score (nSPS) is 21.0. The van der Waals surface area contributed by atoms with Crippen LogP contribution < -0.4 is 0 Å². The van der Waals surface area contributed by atoms with Crippen LogP contribution in [0.15, 0.2) is 42.6 Å². The molecule has 0 unspecified atom stereocenters. The zero-order valence-corrected chi connectivity index (χ0v) is 13.1. The summed E-state index contributed by atoms with van der Waals surface area (Å²) in [7, 11) is 0. The molecule has 0 bridgehead atoms. The second-order valence-corrected chi connectivity index (χ2v) is 6.16. The molecule has 1 fully saturated rings. The lowest BCUT2D eigenvalue weighted by Crippen LogP contribution is -2.14. The van der Waals surface area contributed by atoms with Gasteiger partial charge in [-0.2, -0.15) is 5.26 Å². The number of halogens is 2. The van der Waals surface area contributed by atoms with Gasteiger partial charge in [0.05, 0.1) is 21.8 Å². The van der Waals surface area contributed by atoms with Crippen molar-refractivity contribution in [2.45, 2.75) is 18.3 Å². The van der Waals surface area contributed by atoms with E-state index < -0.39 is 5.92 Å². The topological polar surface area (TPSA) is 53.8 Å². The number of hydrogen-bond acceptors (Lipinski definition) is 3. The van der Waals surface area contributed by atoms with Gasteiger partial charge in [-0.1, -0.05) is 35.3 Å². The first-order valence-corrected chi connectivity index (χ1v) is 7.66. The van der Waals surface area contributed by atoms with Crippen molar-refractivity contribution in [2.75, 3.05) is 0 Å². The molecule has 1 aromatic heterocycles. The fourth-order valence-corrected chi connectivity index (χ4v) is 2.96. The first-order valence-electron chi connectivity index (χ1n) is 6.91. The van der Waals surface area contributed by atoms with E-state index in [2.05, 4.69) is 11.1 Å². The van der Waals surface area contributed by atoms with Crippen LogP contribution in [0.3, 0.4) is 0 Å². The SMILES string of the molecule is N#C[C@H](C(=O)[C@@H]1C[C@H]1c1ccc(Cl)c(Cl)c1)c1ccccn1. The van der Waals surface area contributed by atoms with Crippen LogP contribution in [0.1, 0.15) is 29.5 Å². The van der Waals surface area contributed by atoms with Crippen molar-refractivity contribution in [3.05, 3.63) is 63.9 Å². The van der Waals surface area contributed by atoms with Gasteiger partial charge in [-0.15, -0.1) is 0 Å². The van der Waals surface area contributed by atoms with Crippen LogP contribution in [0.4, 0.5) is 0 Å². The molecule has 110 valence electrons. The minimum absolute atomic E-state index is 0.0720. The van der Waals surface area contributed by atoms with Crippen LogP contribution in [-0.2, 0) is 4.79 Å². The minimum Gasteiger partial charge on any atom is -0.297 e. The maximum absolute atomic E-state index is 12.6. The molecule has 0 radical (unpaired) electrons. The molecule has 0 N–H and O–H groups in total. The van der Waals surface area contributed by atoms with Gasteiger partial charge in [0.15, 0.2) is 5.78 Å². The van der Waals surface area contributed by atoms with Gasteiger partial charge >= 0.3 is 0 Å². The lowest BCUT2D eigenvalue weighted by atomic mass is 9.95. The van der Waals surface area contributed by atoms with E-state index in [9.17, 15) is 10.1 Å². The molecule has 22 heavy (non-hydrogen) atoms. The van der Waals surface area contributed by atoms with Crippen LogP contribution in [0, 0.1) is 17.2 Å². The van der Waals surface area contributed by atoms with E-state index in [0.717, 1.165) is 12.0 Å². The molecule has 3 rings (SSSR count). The maximum Gasteiger partial charge on any atom is 0.159 e. The van der Waals surface area contributed by atoms with Crippen molar-refractivity contribution in [1.29, 1.82) is 5.26 Å². The van der Waals surface area contributed by atoms with Crippen LogP contribution >= 0.6 is 23.2 Å². The van der Waals surface area contributed by atoms with E-state index in [1.807, 2.05) is 6.07 Å². The van der Waals surface area contributed by atoms with Crippen LogP contribution in [0.25, 0.3) is 0 Å². The highest BCUT2D eigenvalue weighted by Gasteiger charge is 2.46. The number of pyridine rings is 1. The number of Topliss-reactive ketones (excluding diaryl/α,β-unsaturated/α-hetero) is 1. The zero-order valence-electron chi connectivity index (χ0n) is 11.5. The molecule has 1 heterocycles. The van der Waals surface area contributed by atoms with Crippen LogP contribution in [0.5, 0.6) is 0 Å². The van der Waals surface area contributed by atoms with E-state index in [-0.39, 0.29) is 17.6 Å². The van der Waals surface area contributed by atoms with Crippen molar-refractivity contribution < 1.29 is 4.79 Å². The third kappa shape index (κ3) is 2.85. The van der Waals surface area contributed by atoms with Crippen molar-refractivity contribution >= 4 is 29.0 Å². The van der Waals surface area contributed by atoms with Crippen molar-refractivity contribution in [1.82, 2.24) is 4.98 Å². The average molecular weight is 331 g/mol. The summed E-state index contributed by atoms with van der Waals surface area (Å²) in [4.78, 5) is 16.7. The number of aromatic nitrogens is 1. The standard InChI is InChI=1S/C17H12Cl2N2O/c18-14-5-4-10(7-15(14)19)11-8-12(11)17(22)13(9-20)16-3-1-2-6-21-16/h1-7,11-13H,8H2/t11-,12+,13-/m0/s1. The van der Waals surface area contributed by atoms with E-state index in [0.29, 0.717) is 15.7 Å². The van der Waals surface area contributed by atoms with E-state index in [1.165, 1.54) is 0 Å². The highest BCUT2D eigenvalue weighted by molar-refractivity contribution is 6.42. The van der Waals surface area contributed by atoms with Gasteiger partial charge in [-0.05, 0) is 42.2 Å². The van der Waals surface area contributed by atoms with Crippen molar-refractivity contribution in [2.24, 2.45) is 5.92 Å². The average Bonchev–Trinajstić information content (AvgIpc) is 3.32. The number of carbonyl (C=O) groups excluding carboxylic acids is 1. The first kappa shape index (κ1) is 15.0. The Morgan fingerprint density at radius 1 is 1.27 bits per heavy atom. The third-order valence-electron chi connectivity index (χ3n) is 3.92.